The van der Waals surface area contributed by atoms with Crippen molar-refractivity contribution in [1.29, 1.82) is 0 Å². The van der Waals surface area contributed by atoms with Crippen LogP contribution >= 0.6 is 17.0 Å². The molecular formula is C10H20BrN2Na3O8. The molecule has 0 amide bonds. The molecule has 0 heterocycles. The maximum atomic E-state index is 10.6. The zero-order valence-corrected chi connectivity index (χ0v) is 12.7. The molecule has 24 heavy (non-hydrogen) atoms. The number of halogens is 1. The normalized spacial score (nSPS) is 8.92. The molecule has 0 rings (SSSR count). The van der Waals surface area contributed by atoms with Gasteiger partial charge in [-0.2, -0.15) is 0 Å². The molecule has 0 unspecified atom stereocenters. The Morgan fingerprint density at radius 3 is 0.833 bits per heavy atom. The molecule has 0 aliphatic carbocycles. The first-order chi connectivity index (χ1) is 9.20. The van der Waals surface area contributed by atoms with E-state index in [1.165, 1.54) is 0 Å². The third-order valence-corrected chi connectivity index (χ3v) is 2.17. The van der Waals surface area contributed by atoms with Crippen molar-refractivity contribution >= 4 is 130 Å². The van der Waals surface area contributed by atoms with Gasteiger partial charge in [-0.3, -0.25) is 29.0 Å². The number of rotatable bonds is 11. The van der Waals surface area contributed by atoms with Gasteiger partial charge in [-0.15, -0.1) is 17.0 Å². The fourth-order valence-corrected chi connectivity index (χ4v) is 1.48. The predicted octanol–water partition coefficient (Wildman–Crippen LogP) is -3.44. The Morgan fingerprint density at radius 1 is 0.542 bits per heavy atom. The van der Waals surface area contributed by atoms with Crippen LogP contribution in [0.25, 0.3) is 0 Å². The van der Waals surface area contributed by atoms with E-state index in [9.17, 15) is 19.2 Å². The minimum absolute atomic E-state index is 0. The predicted molar refractivity (Wildman–Crippen MR) is 95.2 cm³/mol. The van der Waals surface area contributed by atoms with E-state index in [4.69, 9.17) is 20.4 Å². The summed E-state index contributed by atoms with van der Waals surface area (Å²) in [6.07, 6.45) is 0. The molecule has 0 aliphatic heterocycles. The topological polar surface area (TPSA) is 156 Å². The van der Waals surface area contributed by atoms with Crippen LogP contribution in [0.15, 0.2) is 0 Å². The van der Waals surface area contributed by atoms with Crippen molar-refractivity contribution in [2.75, 3.05) is 39.3 Å². The summed E-state index contributed by atoms with van der Waals surface area (Å²) in [5.41, 5.74) is 0. The average Bonchev–Trinajstić information content (AvgIpc) is 2.22. The quantitative estimate of drug-likeness (QED) is 0.236. The number of hydrogen-bond acceptors (Lipinski definition) is 6. The Hall–Kier alpha value is 1.28. The summed E-state index contributed by atoms with van der Waals surface area (Å²) in [7, 11) is 0. The van der Waals surface area contributed by atoms with E-state index in [0.29, 0.717) is 0 Å². The molecule has 0 spiro atoms. The molecule has 128 valence electrons. The molecule has 0 aromatic rings. The van der Waals surface area contributed by atoms with Crippen molar-refractivity contribution in [3.63, 3.8) is 0 Å². The van der Waals surface area contributed by atoms with E-state index >= 15 is 0 Å². The molecular weight excluding hydrogens is 425 g/mol. The van der Waals surface area contributed by atoms with Gasteiger partial charge in [0.15, 0.2) is 0 Å². The van der Waals surface area contributed by atoms with E-state index in [2.05, 4.69) is 0 Å². The van der Waals surface area contributed by atoms with E-state index in [0.717, 1.165) is 9.80 Å². The molecule has 0 bridgehead atoms. The monoisotopic (exact) mass is 444 g/mol. The summed E-state index contributed by atoms with van der Waals surface area (Å²) in [5.74, 6) is -4.91. The molecule has 0 aliphatic rings. The van der Waals surface area contributed by atoms with Gasteiger partial charge in [0.1, 0.15) is 0 Å². The van der Waals surface area contributed by atoms with E-state index < -0.39 is 50.1 Å². The van der Waals surface area contributed by atoms with E-state index in [1.807, 2.05) is 0 Å². The first kappa shape index (κ1) is 36.2. The van der Waals surface area contributed by atoms with Crippen LogP contribution < -0.4 is 0 Å². The van der Waals surface area contributed by atoms with Crippen molar-refractivity contribution in [3.8, 4) is 0 Å². The fourth-order valence-electron chi connectivity index (χ4n) is 1.48. The Labute approximate surface area is 215 Å². The third-order valence-electron chi connectivity index (χ3n) is 2.17. The summed E-state index contributed by atoms with van der Waals surface area (Å²) in [4.78, 5) is 44.4. The van der Waals surface area contributed by atoms with Gasteiger partial charge in [-0.05, 0) is 0 Å². The van der Waals surface area contributed by atoms with Crippen molar-refractivity contribution in [3.05, 3.63) is 0 Å². The SMILES string of the molecule is Br.O=C(O)CN(CCN(CC(=O)O)CC(=O)O)CC(=O)O.[NaH].[NaH].[NaH]. The second kappa shape index (κ2) is 20.6. The number of aliphatic carboxylic acids is 4. The van der Waals surface area contributed by atoms with E-state index in [1.54, 1.807) is 0 Å². The molecule has 0 radical (unpaired) electrons. The van der Waals surface area contributed by atoms with Crippen molar-refractivity contribution in [1.82, 2.24) is 9.80 Å². The van der Waals surface area contributed by atoms with E-state index in [-0.39, 0.29) is 119 Å². The van der Waals surface area contributed by atoms with Crippen molar-refractivity contribution in [2.24, 2.45) is 0 Å². The van der Waals surface area contributed by atoms with Crippen molar-refractivity contribution < 1.29 is 39.6 Å². The van der Waals surface area contributed by atoms with Gasteiger partial charge < -0.3 is 20.4 Å². The molecule has 4 N–H and O–H groups in total. The van der Waals surface area contributed by atoms with Crippen LogP contribution in [-0.4, -0.2) is 182 Å². The van der Waals surface area contributed by atoms with Gasteiger partial charge in [0.25, 0.3) is 0 Å². The van der Waals surface area contributed by atoms with Crippen LogP contribution in [-0.2, 0) is 19.2 Å². The first-order valence-electron chi connectivity index (χ1n) is 5.52. The molecule has 0 saturated carbocycles. The van der Waals surface area contributed by atoms with Crippen LogP contribution in [0.2, 0.25) is 0 Å². The molecule has 0 saturated heterocycles. The number of nitrogens with zero attached hydrogens (tertiary/aromatic N) is 2. The van der Waals surface area contributed by atoms with Crippen LogP contribution in [0.3, 0.4) is 0 Å². The standard InChI is InChI=1S/C10H16N2O8.BrH.3Na.3H/c13-7(14)3-11(4-8(15)16)1-2-12(5-9(17)18)6-10(19)20;;;;;;;/h1-6H2,(H,13,14)(H,15,16)(H,17,18)(H,19,20);1H;;;;;;. The first-order valence-corrected chi connectivity index (χ1v) is 5.52. The summed E-state index contributed by atoms with van der Waals surface area (Å²) in [6.45, 7) is -2.25. The van der Waals surface area contributed by atoms with Crippen LogP contribution in [0.4, 0.5) is 0 Å². The summed E-state index contributed by atoms with van der Waals surface area (Å²) in [5, 5.41) is 34.5. The van der Waals surface area contributed by atoms with Gasteiger partial charge in [0.2, 0.25) is 0 Å². The minimum atomic E-state index is -1.23. The second-order valence-electron chi connectivity index (χ2n) is 4.00. The van der Waals surface area contributed by atoms with Gasteiger partial charge >= 0.3 is 113 Å². The Balaban J connectivity index is -0.000000301. The Morgan fingerprint density at radius 2 is 0.708 bits per heavy atom. The van der Waals surface area contributed by atoms with Crippen molar-refractivity contribution in [2.45, 2.75) is 0 Å². The molecule has 0 fully saturated rings. The molecule has 0 atom stereocenters. The summed E-state index contributed by atoms with van der Waals surface area (Å²) >= 11 is 0. The molecule has 14 heteroatoms. The Kier molecular flexibility index (Phi) is 31.1. The maximum absolute atomic E-state index is 10.6. The van der Waals surface area contributed by atoms with Gasteiger partial charge in [0.05, 0.1) is 26.2 Å². The summed E-state index contributed by atoms with van der Waals surface area (Å²) < 4.78 is 0. The van der Waals surface area contributed by atoms with Gasteiger partial charge in [0, 0.05) is 13.1 Å². The molecule has 0 aromatic carbocycles. The van der Waals surface area contributed by atoms with Gasteiger partial charge in [-0.1, -0.05) is 0 Å². The van der Waals surface area contributed by atoms with Crippen LogP contribution in [0.1, 0.15) is 0 Å². The number of hydrogen-bond donors (Lipinski definition) is 4. The summed E-state index contributed by atoms with van der Waals surface area (Å²) in [6, 6.07) is 0. The number of carboxylic acid groups (broad SMARTS) is 4. The number of carboxylic acids is 4. The second-order valence-corrected chi connectivity index (χ2v) is 4.00. The molecule has 0 aromatic heterocycles. The zero-order chi connectivity index (χ0) is 15.7. The third kappa shape index (κ3) is 23.3. The fraction of sp³-hybridized carbons (Fsp3) is 0.600. The average molecular weight is 445 g/mol. The van der Waals surface area contributed by atoms with Gasteiger partial charge in [-0.25, -0.2) is 0 Å². The zero-order valence-electron chi connectivity index (χ0n) is 11.0. The van der Waals surface area contributed by atoms with Crippen LogP contribution in [0.5, 0.6) is 0 Å². The number of carbonyl (C=O) groups is 4. The Bertz CT molecular complexity index is 334. The van der Waals surface area contributed by atoms with Crippen LogP contribution in [0, 0.1) is 0 Å². The molecule has 10 nitrogen and oxygen atoms in total.